The van der Waals surface area contributed by atoms with Crippen LogP contribution in [-0.2, 0) is 28.8 Å². The molecule has 0 radical (unpaired) electrons. The average molecular weight is 352 g/mol. The van der Waals surface area contributed by atoms with E-state index >= 15 is 0 Å². The molecule has 0 N–H and O–H groups in total. The number of carbonyl (C=O) groups is 1. The molecule has 0 unspecified atom stereocenters. The van der Waals surface area contributed by atoms with Crippen LogP contribution in [0, 0.1) is 0 Å². The molecule has 0 saturated heterocycles. The van der Waals surface area contributed by atoms with Crippen molar-refractivity contribution in [3.8, 4) is 0 Å². The summed E-state index contributed by atoms with van der Waals surface area (Å²) >= 11 is 0. The fourth-order valence-corrected chi connectivity index (χ4v) is 2.05. The van der Waals surface area contributed by atoms with Gasteiger partial charge in [-0.3, -0.25) is 4.79 Å². The largest absolute Gasteiger partial charge is 0.858 e. The second kappa shape index (κ2) is 9.48. The van der Waals surface area contributed by atoms with Crippen LogP contribution in [-0.4, -0.2) is 65.4 Å². The third-order valence-electron chi connectivity index (χ3n) is 2.41. The first-order valence-electron chi connectivity index (χ1n) is 6.90. The van der Waals surface area contributed by atoms with E-state index < -0.39 is 16.2 Å². The van der Waals surface area contributed by atoms with E-state index in [1.807, 2.05) is 21.0 Å². The Labute approximate surface area is 137 Å². The van der Waals surface area contributed by atoms with Gasteiger partial charge in [-0.05, 0) is 19.9 Å². The van der Waals surface area contributed by atoms with Gasteiger partial charge in [0.05, 0.1) is 14.1 Å². The van der Waals surface area contributed by atoms with E-state index in [9.17, 15) is 18.3 Å². The van der Waals surface area contributed by atoms with Gasteiger partial charge in [-0.1, -0.05) is 0 Å². The Bertz CT molecular complexity index is 553. The topological polar surface area (TPSA) is 114 Å². The smallest absolute Gasteiger partial charge is 0.427 e. The zero-order valence-electron chi connectivity index (χ0n) is 14.1. The van der Waals surface area contributed by atoms with Gasteiger partial charge in [-0.25, -0.2) is 0 Å². The lowest BCUT2D eigenvalue weighted by Gasteiger charge is -2.28. The average Bonchev–Trinajstić information content (AvgIpc) is 2.33. The zero-order chi connectivity index (χ0) is 18.1. The van der Waals surface area contributed by atoms with Gasteiger partial charge in [0.15, 0.2) is 6.73 Å². The lowest BCUT2D eigenvalue weighted by molar-refractivity contribution is -0.909. The third-order valence-corrected chi connectivity index (χ3v) is 3.29. The van der Waals surface area contributed by atoms with E-state index in [0.29, 0.717) is 17.8 Å². The normalized spacial score (nSPS) is 16.2. The quantitative estimate of drug-likeness (QED) is 0.361. The molecule has 0 bridgehead atoms. The second-order valence-electron chi connectivity index (χ2n) is 5.32. The van der Waals surface area contributed by atoms with Crippen LogP contribution in [0.25, 0.3) is 0 Å². The summed E-state index contributed by atoms with van der Waals surface area (Å²) in [4.78, 5) is 10.5. The van der Waals surface area contributed by atoms with Crippen molar-refractivity contribution in [1.29, 1.82) is 0 Å². The number of rotatable bonds is 6. The number of likely N-dealkylation sites (N-methyl/N-ethyl adjacent to an activating group) is 1. The molecular weight excluding hydrogens is 328 g/mol. The van der Waals surface area contributed by atoms with Crippen molar-refractivity contribution < 1.29 is 36.5 Å². The number of quaternary nitrogens is 1. The Hall–Kier alpha value is -1.65. The van der Waals surface area contributed by atoms with Gasteiger partial charge in [0.25, 0.3) is 0 Å². The molecule has 0 atom stereocenters. The molecule has 0 spiro atoms. The SMILES string of the molecule is CC1=CC([O-])=NS(=O)(=O)O1.CCOC[N+](C)(C)CCOC(C)=O. The van der Waals surface area contributed by atoms with Crippen molar-refractivity contribution >= 4 is 22.2 Å². The van der Waals surface area contributed by atoms with Gasteiger partial charge in [0.2, 0.25) is 0 Å². The number of allylic oxidation sites excluding steroid dienone is 1. The Kier molecular flexibility index (Phi) is 8.80. The fourth-order valence-electron chi connectivity index (χ4n) is 1.36. The predicted molar refractivity (Wildman–Crippen MR) is 81.3 cm³/mol. The molecule has 9 nitrogen and oxygen atoms in total. The minimum Gasteiger partial charge on any atom is -0.858 e. The Morgan fingerprint density at radius 3 is 2.48 bits per heavy atom. The highest BCUT2D eigenvalue weighted by Gasteiger charge is 2.14. The van der Waals surface area contributed by atoms with Crippen LogP contribution in [0.1, 0.15) is 20.8 Å². The van der Waals surface area contributed by atoms with Gasteiger partial charge in [0.1, 0.15) is 18.9 Å². The third kappa shape index (κ3) is 11.6. The predicted octanol–water partition coefficient (Wildman–Crippen LogP) is -0.456. The van der Waals surface area contributed by atoms with E-state index in [1.165, 1.54) is 13.8 Å². The molecule has 134 valence electrons. The number of carbonyl (C=O) groups excluding carboxylic acids is 1. The molecule has 1 heterocycles. The van der Waals surface area contributed by atoms with E-state index in [2.05, 4.69) is 8.58 Å². The molecule has 0 aromatic rings. The standard InChI is InChI=1S/C9H20NO3.C4H5NO4S/c1-5-12-8-10(3,4)6-7-13-9(2)11;1-3-2-4(6)5-10(7,8)9-3/h5-8H2,1-4H3;2H,1H3,(H,5,6)/q+1;/p-1. The lowest BCUT2D eigenvalue weighted by Crippen LogP contribution is -2.44. The zero-order valence-corrected chi connectivity index (χ0v) is 14.9. The molecule has 1 aliphatic heterocycles. The van der Waals surface area contributed by atoms with E-state index in [-0.39, 0.29) is 11.7 Å². The summed E-state index contributed by atoms with van der Waals surface area (Å²) < 4.78 is 38.6. The molecule has 0 fully saturated rings. The van der Waals surface area contributed by atoms with Crippen LogP contribution in [0.5, 0.6) is 0 Å². The van der Waals surface area contributed by atoms with Crippen molar-refractivity contribution in [2.75, 3.05) is 40.6 Å². The Morgan fingerprint density at radius 1 is 1.43 bits per heavy atom. The number of nitrogens with zero attached hydrogens (tertiary/aromatic N) is 2. The van der Waals surface area contributed by atoms with Crippen molar-refractivity contribution in [2.24, 2.45) is 4.40 Å². The van der Waals surface area contributed by atoms with Gasteiger partial charge < -0.3 is 23.2 Å². The molecule has 23 heavy (non-hydrogen) atoms. The summed E-state index contributed by atoms with van der Waals surface area (Å²) in [5, 5.41) is 10.4. The van der Waals surface area contributed by atoms with Crippen LogP contribution in [0.2, 0.25) is 0 Å². The van der Waals surface area contributed by atoms with Crippen LogP contribution < -0.4 is 5.11 Å². The Morgan fingerprint density at radius 2 is 2.04 bits per heavy atom. The fraction of sp³-hybridized carbons (Fsp3) is 0.692. The molecule has 10 heteroatoms. The number of hydrogen-bond donors (Lipinski definition) is 0. The summed E-state index contributed by atoms with van der Waals surface area (Å²) in [6.07, 6.45) is 1.00. The van der Waals surface area contributed by atoms with Crippen molar-refractivity contribution in [2.45, 2.75) is 20.8 Å². The summed E-state index contributed by atoms with van der Waals surface area (Å²) in [7, 11) is 0.108. The van der Waals surface area contributed by atoms with E-state index in [4.69, 9.17) is 9.47 Å². The molecule has 1 aliphatic rings. The molecule has 1 rings (SSSR count). The maximum absolute atomic E-state index is 10.5. The van der Waals surface area contributed by atoms with Crippen LogP contribution in [0.3, 0.4) is 0 Å². The molecule has 0 aromatic carbocycles. The Balaban J connectivity index is 0.000000433. The molecule has 0 aliphatic carbocycles. The minimum absolute atomic E-state index is 0.0417. The van der Waals surface area contributed by atoms with Crippen LogP contribution in [0.15, 0.2) is 16.2 Å². The first kappa shape index (κ1) is 21.4. The summed E-state index contributed by atoms with van der Waals surface area (Å²) in [6, 6.07) is 0. The maximum atomic E-state index is 10.5. The minimum atomic E-state index is -3.97. The van der Waals surface area contributed by atoms with Gasteiger partial charge in [0, 0.05) is 19.4 Å². The lowest BCUT2D eigenvalue weighted by atomic mass is 10.5. The van der Waals surface area contributed by atoms with Crippen LogP contribution >= 0.6 is 0 Å². The van der Waals surface area contributed by atoms with Gasteiger partial charge >= 0.3 is 16.3 Å². The van der Waals surface area contributed by atoms with Gasteiger partial charge in [-0.15, -0.1) is 4.40 Å². The summed E-state index contributed by atoms with van der Waals surface area (Å²) in [5.74, 6) is -0.986. The first-order chi connectivity index (χ1) is 10.5. The molecule has 0 saturated carbocycles. The summed E-state index contributed by atoms with van der Waals surface area (Å²) in [6.45, 7) is 7.35. The van der Waals surface area contributed by atoms with Crippen molar-refractivity contribution in [3.05, 3.63) is 11.8 Å². The second-order valence-corrected chi connectivity index (χ2v) is 6.52. The molecular formula is C13H24N2O7S. The molecule has 0 aromatic heterocycles. The number of hydrogen-bond acceptors (Lipinski definition) is 7. The number of ether oxygens (including phenoxy) is 2. The molecule has 0 amide bonds. The van der Waals surface area contributed by atoms with E-state index in [1.54, 1.807) is 0 Å². The highest BCUT2D eigenvalue weighted by atomic mass is 32.2. The van der Waals surface area contributed by atoms with E-state index in [0.717, 1.165) is 19.2 Å². The first-order valence-corrected chi connectivity index (χ1v) is 8.27. The van der Waals surface area contributed by atoms with Gasteiger partial charge in [-0.2, -0.15) is 8.42 Å². The number of esters is 1. The summed E-state index contributed by atoms with van der Waals surface area (Å²) in [5.41, 5.74) is 0. The van der Waals surface area contributed by atoms with Crippen molar-refractivity contribution in [1.82, 2.24) is 0 Å². The van der Waals surface area contributed by atoms with Crippen LogP contribution in [0.4, 0.5) is 0 Å². The highest BCUT2D eigenvalue weighted by molar-refractivity contribution is 7.85. The maximum Gasteiger partial charge on any atom is 0.427 e. The van der Waals surface area contributed by atoms with Crippen molar-refractivity contribution in [3.63, 3.8) is 0 Å². The highest BCUT2D eigenvalue weighted by Crippen LogP contribution is 2.09. The monoisotopic (exact) mass is 352 g/mol.